The van der Waals surface area contributed by atoms with Crippen molar-refractivity contribution in [2.45, 2.75) is 26.7 Å². The fourth-order valence-corrected chi connectivity index (χ4v) is 4.42. The van der Waals surface area contributed by atoms with Crippen molar-refractivity contribution in [3.05, 3.63) is 76.2 Å². The summed E-state index contributed by atoms with van der Waals surface area (Å²) in [4.78, 5) is 27.3. The van der Waals surface area contributed by atoms with Crippen LogP contribution in [0, 0.1) is 6.92 Å². The molecule has 0 unspecified atom stereocenters. The Kier molecular flexibility index (Phi) is 7.11. The molecule has 0 aliphatic carbocycles. The molecule has 0 bridgehead atoms. The van der Waals surface area contributed by atoms with Gasteiger partial charge in [-0.2, -0.15) is 4.98 Å². The number of fused-ring (bicyclic) bond motifs is 1. The highest BCUT2D eigenvalue weighted by Crippen LogP contribution is 2.35. The summed E-state index contributed by atoms with van der Waals surface area (Å²) < 4.78 is 16.3. The summed E-state index contributed by atoms with van der Waals surface area (Å²) in [5.74, 6) is 1.54. The maximum absolute atomic E-state index is 12.9. The van der Waals surface area contributed by atoms with Gasteiger partial charge in [-0.1, -0.05) is 18.2 Å². The minimum Gasteiger partial charge on any atom is -0.487 e. The molecule has 9 heteroatoms. The maximum Gasteiger partial charge on any atom is 0.261 e. The van der Waals surface area contributed by atoms with Crippen molar-refractivity contribution < 1.29 is 19.0 Å². The van der Waals surface area contributed by atoms with E-state index in [0.29, 0.717) is 34.6 Å². The molecule has 33 heavy (non-hydrogen) atoms. The second-order valence-corrected chi connectivity index (χ2v) is 8.25. The number of aromatic nitrogens is 3. The molecule has 0 atom stereocenters. The predicted molar refractivity (Wildman–Crippen MR) is 126 cm³/mol. The number of hydrogen-bond acceptors (Lipinski definition) is 8. The summed E-state index contributed by atoms with van der Waals surface area (Å²) in [5.41, 5.74) is 2.63. The van der Waals surface area contributed by atoms with E-state index < -0.39 is 0 Å². The van der Waals surface area contributed by atoms with E-state index in [1.807, 2.05) is 49.4 Å². The zero-order valence-electron chi connectivity index (χ0n) is 18.6. The highest BCUT2D eigenvalue weighted by Gasteiger charge is 2.21. The molecule has 1 amide bonds. The molecular formula is C24H24N4O4S. The van der Waals surface area contributed by atoms with Crippen molar-refractivity contribution in [3.8, 4) is 11.6 Å². The van der Waals surface area contributed by atoms with Crippen molar-refractivity contribution in [2.24, 2.45) is 0 Å². The van der Waals surface area contributed by atoms with Gasteiger partial charge >= 0.3 is 0 Å². The molecule has 4 rings (SSSR count). The minimum atomic E-state index is -0.165. The lowest BCUT2D eigenvalue weighted by atomic mass is 10.2. The summed E-state index contributed by atoms with van der Waals surface area (Å²) in [6, 6.07) is 13.3. The van der Waals surface area contributed by atoms with Crippen LogP contribution in [-0.2, 0) is 24.5 Å². The Hall–Kier alpha value is -3.56. The van der Waals surface area contributed by atoms with Gasteiger partial charge in [0, 0.05) is 19.9 Å². The summed E-state index contributed by atoms with van der Waals surface area (Å²) in [6.45, 7) is 2.95. The molecule has 4 aromatic rings. The number of pyridine rings is 1. The van der Waals surface area contributed by atoms with Gasteiger partial charge in [-0.25, -0.2) is 4.98 Å². The number of carbonyl (C=O) groups excluding carboxylic acids is 1. The second-order valence-electron chi connectivity index (χ2n) is 7.25. The van der Waals surface area contributed by atoms with Crippen LogP contribution in [0.1, 0.15) is 32.3 Å². The van der Waals surface area contributed by atoms with E-state index in [1.54, 1.807) is 20.4 Å². The van der Waals surface area contributed by atoms with Gasteiger partial charge in [-0.3, -0.25) is 9.78 Å². The molecule has 0 fully saturated rings. The number of nitrogens with one attached hydrogen (secondary N) is 1. The largest absolute Gasteiger partial charge is 0.487 e. The molecule has 3 aromatic heterocycles. The number of aryl methyl sites for hydroxylation is 1. The molecule has 0 saturated carbocycles. The number of methoxy groups -OCH3 is 2. The van der Waals surface area contributed by atoms with Crippen LogP contribution in [0.3, 0.4) is 0 Å². The molecule has 170 valence electrons. The van der Waals surface area contributed by atoms with E-state index in [0.717, 1.165) is 28.0 Å². The minimum absolute atomic E-state index is 0.165. The van der Waals surface area contributed by atoms with Crippen molar-refractivity contribution >= 4 is 27.5 Å². The first kappa shape index (κ1) is 22.6. The first-order valence-corrected chi connectivity index (χ1v) is 11.1. The third-order valence-electron chi connectivity index (χ3n) is 4.97. The van der Waals surface area contributed by atoms with E-state index in [2.05, 4.69) is 20.3 Å². The maximum atomic E-state index is 12.9. The third-order valence-corrected chi connectivity index (χ3v) is 6.15. The van der Waals surface area contributed by atoms with Crippen LogP contribution in [0.15, 0.2) is 48.7 Å². The fraction of sp³-hybridized carbons (Fsp3) is 0.250. The molecule has 0 saturated heterocycles. The number of ether oxygens (including phenoxy) is 3. The summed E-state index contributed by atoms with van der Waals surface area (Å²) in [5, 5.41) is 3.73. The number of rotatable bonds is 9. The van der Waals surface area contributed by atoms with Crippen LogP contribution >= 0.6 is 11.3 Å². The fourth-order valence-electron chi connectivity index (χ4n) is 3.31. The molecule has 0 radical (unpaired) electrons. The monoisotopic (exact) mass is 464 g/mol. The average molecular weight is 465 g/mol. The highest BCUT2D eigenvalue weighted by atomic mass is 32.1. The Morgan fingerprint density at radius 1 is 1.06 bits per heavy atom. The Labute approximate surface area is 195 Å². The number of benzene rings is 1. The van der Waals surface area contributed by atoms with Crippen LogP contribution < -0.4 is 14.8 Å². The van der Waals surface area contributed by atoms with Gasteiger partial charge in [0.1, 0.15) is 23.8 Å². The molecule has 3 heterocycles. The first-order chi connectivity index (χ1) is 16.1. The molecule has 0 spiro atoms. The number of amides is 1. The van der Waals surface area contributed by atoms with E-state index >= 15 is 0 Å². The van der Waals surface area contributed by atoms with E-state index in [1.165, 1.54) is 11.3 Å². The van der Waals surface area contributed by atoms with E-state index in [4.69, 9.17) is 14.2 Å². The summed E-state index contributed by atoms with van der Waals surface area (Å²) in [7, 11) is 3.14. The molecule has 1 aromatic carbocycles. The van der Waals surface area contributed by atoms with Crippen LogP contribution in [0.25, 0.3) is 10.2 Å². The second kappa shape index (κ2) is 10.4. The van der Waals surface area contributed by atoms with Crippen LogP contribution in [0.5, 0.6) is 11.6 Å². The zero-order chi connectivity index (χ0) is 23.2. The van der Waals surface area contributed by atoms with Crippen LogP contribution in [-0.4, -0.2) is 35.1 Å². The van der Waals surface area contributed by atoms with Crippen molar-refractivity contribution in [3.63, 3.8) is 0 Å². The van der Waals surface area contributed by atoms with Crippen LogP contribution in [0.2, 0.25) is 0 Å². The number of nitrogens with zero attached hydrogens (tertiary/aromatic N) is 3. The molecular weight excluding hydrogens is 440 g/mol. The van der Waals surface area contributed by atoms with Gasteiger partial charge in [0.2, 0.25) is 5.88 Å². The topological polar surface area (TPSA) is 95.5 Å². The third kappa shape index (κ3) is 5.27. The number of carbonyl (C=O) groups is 1. The van der Waals surface area contributed by atoms with Gasteiger partial charge in [0.15, 0.2) is 5.82 Å². The Bertz CT molecular complexity index is 1240. The van der Waals surface area contributed by atoms with E-state index in [9.17, 15) is 4.79 Å². The molecule has 8 nitrogen and oxygen atoms in total. The Balaban J connectivity index is 1.41. The van der Waals surface area contributed by atoms with Crippen molar-refractivity contribution in [2.75, 3.05) is 14.2 Å². The number of thiophene rings is 1. The lowest BCUT2D eigenvalue weighted by molar-refractivity contribution is 0.0954. The lowest BCUT2D eigenvalue weighted by Gasteiger charge is -2.08. The smallest absolute Gasteiger partial charge is 0.261 e. The van der Waals surface area contributed by atoms with Gasteiger partial charge in [0.05, 0.1) is 23.1 Å². The molecule has 0 aliphatic rings. The average Bonchev–Trinajstić information content (AvgIpc) is 3.18. The Morgan fingerprint density at radius 2 is 1.88 bits per heavy atom. The Morgan fingerprint density at radius 3 is 2.58 bits per heavy atom. The highest BCUT2D eigenvalue weighted by molar-refractivity contribution is 7.20. The SMILES string of the molecule is COCc1nc(OC)c2c(C)c(C(=O)NCc3ccc(OCc4ccccn4)cc3)sc2n1. The van der Waals surface area contributed by atoms with E-state index in [-0.39, 0.29) is 12.5 Å². The van der Waals surface area contributed by atoms with Gasteiger partial charge in [-0.15, -0.1) is 11.3 Å². The quantitative estimate of drug-likeness (QED) is 0.399. The van der Waals surface area contributed by atoms with Gasteiger partial charge < -0.3 is 19.5 Å². The predicted octanol–water partition coefficient (Wildman–Crippen LogP) is 4.06. The lowest BCUT2D eigenvalue weighted by Crippen LogP contribution is -2.22. The summed E-state index contributed by atoms with van der Waals surface area (Å²) >= 11 is 1.32. The standard InChI is InChI=1S/C24H24N4O4S/c1-15-20-23(31-3)27-19(14-30-2)28-24(20)33-21(15)22(29)26-12-16-7-9-18(10-8-16)32-13-17-6-4-5-11-25-17/h4-11H,12-14H2,1-3H3,(H,26,29). The molecule has 0 aliphatic heterocycles. The van der Waals surface area contributed by atoms with Crippen LogP contribution in [0.4, 0.5) is 0 Å². The first-order valence-electron chi connectivity index (χ1n) is 10.3. The summed E-state index contributed by atoms with van der Waals surface area (Å²) in [6.07, 6.45) is 1.74. The van der Waals surface area contributed by atoms with Crippen molar-refractivity contribution in [1.82, 2.24) is 20.3 Å². The normalized spacial score (nSPS) is 10.9. The van der Waals surface area contributed by atoms with Crippen molar-refractivity contribution in [1.29, 1.82) is 0 Å². The van der Waals surface area contributed by atoms with Gasteiger partial charge in [0.25, 0.3) is 5.91 Å². The zero-order valence-corrected chi connectivity index (χ0v) is 19.4. The molecule has 1 N–H and O–H groups in total. The van der Waals surface area contributed by atoms with Gasteiger partial charge in [-0.05, 0) is 42.3 Å². The number of hydrogen-bond donors (Lipinski definition) is 1.